The van der Waals surface area contributed by atoms with Crippen LogP contribution in [0.3, 0.4) is 0 Å². The van der Waals surface area contributed by atoms with Crippen molar-refractivity contribution in [2.45, 2.75) is 136 Å². The molecule has 44 heavy (non-hydrogen) atoms. The lowest BCUT2D eigenvalue weighted by Crippen LogP contribution is -2.59. The van der Waals surface area contributed by atoms with Gasteiger partial charge in [-0.25, -0.2) is 9.59 Å². The van der Waals surface area contributed by atoms with Crippen molar-refractivity contribution in [3.63, 3.8) is 0 Å². The average Bonchev–Trinajstić information content (AvgIpc) is 3.50. The molecule has 3 aliphatic heterocycles. The Morgan fingerprint density at radius 2 is 1.70 bits per heavy atom. The van der Waals surface area contributed by atoms with Gasteiger partial charge >= 0.3 is 12.2 Å². The Kier molecular flexibility index (Phi) is 6.94. The van der Waals surface area contributed by atoms with Gasteiger partial charge in [-0.15, -0.1) is 0 Å². The van der Waals surface area contributed by atoms with Crippen molar-refractivity contribution < 1.29 is 23.8 Å². The van der Waals surface area contributed by atoms with Crippen molar-refractivity contribution in [2.24, 2.45) is 51.2 Å². The molecule has 5 saturated carbocycles. The van der Waals surface area contributed by atoms with Gasteiger partial charge in [0.05, 0.1) is 18.2 Å². The lowest BCUT2D eigenvalue weighted by molar-refractivity contribution is -0.151. The van der Waals surface area contributed by atoms with E-state index in [1.54, 1.807) is 0 Å². The van der Waals surface area contributed by atoms with Gasteiger partial charge in [0.15, 0.2) is 0 Å². The Labute approximate surface area is 264 Å². The molecule has 0 aromatic carbocycles. The number of rotatable bonds is 5. The first-order chi connectivity index (χ1) is 21.0. The molecule has 8 heteroatoms. The van der Waals surface area contributed by atoms with Crippen LogP contribution in [0.5, 0.6) is 0 Å². The molecule has 2 spiro atoms. The number of nitrogens with zero attached hydrogens (tertiary/aromatic N) is 1. The average molecular weight is 612 g/mol. The molecule has 0 aromatic heterocycles. The van der Waals surface area contributed by atoms with Gasteiger partial charge in [-0.05, 0) is 116 Å². The van der Waals surface area contributed by atoms with Crippen LogP contribution in [0.25, 0.3) is 0 Å². The van der Waals surface area contributed by atoms with E-state index in [2.05, 4.69) is 45.3 Å². The molecule has 11 unspecified atom stereocenters. The zero-order valence-electron chi connectivity index (χ0n) is 27.9. The van der Waals surface area contributed by atoms with Crippen molar-refractivity contribution in [3.05, 3.63) is 0 Å². The third-order valence-electron chi connectivity index (χ3n) is 15.3. The molecule has 8 aliphatic rings. The first-order valence-corrected chi connectivity index (χ1v) is 18.3. The van der Waals surface area contributed by atoms with Gasteiger partial charge in [0, 0.05) is 31.6 Å². The van der Waals surface area contributed by atoms with Crippen LogP contribution in [-0.2, 0) is 14.2 Å². The third-order valence-corrected chi connectivity index (χ3v) is 15.3. The number of ether oxygens (including phenoxy) is 3. The standard InChI is InChI=1S/C36H57N3O5/c1-21(2)30(44-32(41)39-15-6-16-39)26-9-7-24-27(42-26)17-25-23-8-10-28-33(3,4)29(43-31(40)38-22-18-37-19-22)11-12-36(28)20-35(23,36)14-13-34(24,25)5/h21-30,37H,6-20H2,1-5H3,(H,38,40). The quantitative estimate of drug-likeness (QED) is 0.389. The Hall–Kier alpha value is -1.54. The van der Waals surface area contributed by atoms with E-state index in [1.807, 2.05) is 4.90 Å². The number of carbonyl (C=O) groups is 2. The van der Waals surface area contributed by atoms with Crippen molar-refractivity contribution in [3.8, 4) is 0 Å². The number of alkyl carbamates (subject to hydrolysis) is 1. The summed E-state index contributed by atoms with van der Waals surface area (Å²) < 4.78 is 19.3. The summed E-state index contributed by atoms with van der Waals surface area (Å²) in [6.45, 7) is 15.1. The van der Waals surface area contributed by atoms with E-state index in [9.17, 15) is 9.59 Å². The summed E-state index contributed by atoms with van der Waals surface area (Å²) in [4.78, 5) is 27.4. The smallest absolute Gasteiger partial charge is 0.410 e. The highest BCUT2D eigenvalue weighted by Gasteiger charge is 2.81. The molecule has 0 aromatic rings. The van der Waals surface area contributed by atoms with E-state index in [4.69, 9.17) is 14.2 Å². The topological polar surface area (TPSA) is 89.1 Å². The summed E-state index contributed by atoms with van der Waals surface area (Å²) in [5, 5.41) is 6.29. The number of hydrogen-bond donors (Lipinski definition) is 2. The fourth-order valence-electron chi connectivity index (χ4n) is 12.8. The fourth-order valence-corrected chi connectivity index (χ4v) is 12.8. The Bertz CT molecular complexity index is 1170. The van der Waals surface area contributed by atoms with Crippen molar-refractivity contribution in [1.82, 2.24) is 15.5 Å². The van der Waals surface area contributed by atoms with Gasteiger partial charge in [-0.2, -0.15) is 0 Å². The normalized spacial score (nSPS) is 47.4. The predicted molar refractivity (Wildman–Crippen MR) is 167 cm³/mol. The summed E-state index contributed by atoms with van der Waals surface area (Å²) in [6.07, 6.45) is 13.1. The minimum absolute atomic E-state index is 0.00186. The SMILES string of the molecule is CC(C)C(OC(=O)N1CCC1)C1CCC2C(CC3C4CCC5C(C)(C)C(OC(=O)NC6CNC6)CCC56CC46CCC23C)O1. The molecule has 2 N–H and O–H groups in total. The molecule has 0 bridgehead atoms. The van der Waals surface area contributed by atoms with Crippen LogP contribution in [0.4, 0.5) is 9.59 Å². The predicted octanol–water partition coefficient (Wildman–Crippen LogP) is 6.13. The maximum Gasteiger partial charge on any atom is 0.410 e. The summed E-state index contributed by atoms with van der Waals surface area (Å²) >= 11 is 0. The highest BCUT2D eigenvalue weighted by molar-refractivity contribution is 5.69. The van der Waals surface area contributed by atoms with Gasteiger partial charge in [0.25, 0.3) is 0 Å². The van der Waals surface area contributed by atoms with Gasteiger partial charge in [0.1, 0.15) is 12.2 Å². The third kappa shape index (κ3) is 4.20. The number of likely N-dealkylation sites (tertiary alicyclic amines) is 1. The summed E-state index contributed by atoms with van der Waals surface area (Å²) in [7, 11) is 0. The molecular formula is C36H57N3O5. The van der Waals surface area contributed by atoms with Crippen LogP contribution < -0.4 is 10.6 Å². The second-order valence-electron chi connectivity index (χ2n) is 17.7. The molecule has 8 fully saturated rings. The van der Waals surface area contributed by atoms with E-state index in [1.165, 1.54) is 51.4 Å². The molecule has 2 amide bonds. The molecule has 3 heterocycles. The molecule has 11 atom stereocenters. The zero-order chi connectivity index (χ0) is 30.6. The summed E-state index contributed by atoms with van der Waals surface area (Å²) in [6, 6.07) is 0.213. The number of hydrogen-bond acceptors (Lipinski definition) is 6. The molecule has 0 radical (unpaired) electrons. The molecule has 246 valence electrons. The zero-order valence-corrected chi connectivity index (χ0v) is 27.9. The van der Waals surface area contributed by atoms with Crippen LogP contribution in [-0.4, -0.2) is 73.7 Å². The fraction of sp³-hybridized carbons (Fsp3) is 0.944. The maximum absolute atomic E-state index is 12.8. The number of nitrogens with one attached hydrogen (secondary N) is 2. The largest absolute Gasteiger partial charge is 0.446 e. The second-order valence-corrected chi connectivity index (χ2v) is 17.7. The Morgan fingerprint density at radius 1 is 0.932 bits per heavy atom. The van der Waals surface area contributed by atoms with E-state index in [-0.39, 0.29) is 47.9 Å². The van der Waals surface area contributed by atoms with E-state index >= 15 is 0 Å². The van der Waals surface area contributed by atoms with E-state index in [0.717, 1.165) is 57.3 Å². The lowest BCUT2D eigenvalue weighted by atomic mass is 9.46. The minimum atomic E-state index is -0.222. The Morgan fingerprint density at radius 3 is 2.39 bits per heavy atom. The highest BCUT2D eigenvalue weighted by Crippen LogP contribution is 2.87. The van der Waals surface area contributed by atoms with Gasteiger partial charge in [-0.3, -0.25) is 0 Å². The van der Waals surface area contributed by atoms with Crippen molar-refractivity contribution in [2.75, 3.05) is 26.2 Å². The molecule has 5 aliphatic carbocycles. The van der Waals surface area contributed by atoms with Crippen LogP contribution in [0, 0.1) is 51.2 Å². The monoisotopic (exact) mass is 611 g/mol. The van der Waals surface area contributed by atoms with E-state index < -0.39 is 0 Å². The minimum Gasteiger partial charge on any atom is -0.446 e. The first-order valence-electron chi connectivity index (χ1n) is 18.3. The second kappa shape index (κ2) is 10.2. The van der Waals surface area contributed by atoms with Gasteiger partial charge < -0.3 is 29.7 Å². The maximum atomic E-state index is 12.8. The lowest BCUT2D eigenvalue weighted by Gasteiger charge is -2.59. The van der Waals surface area contributed by atoms with Gasteiger partial charge in [0.2, 0.25) is 0 Å². The van der Waals surface area contributed by atoms with E-state index in [0.29, 0.717) is 34.2 Å². The van der Waals surface area contributed by atoms with Crippen molar-refractivity contribution in [1.29, 1.82) is 0 Å². The number of carbonyl (C=O) groups excluding carboxylic acids is 2. The molecule has 3 saturated heterocycles. The first kappa shape index (κ1) is 29.8. The number of amides is 2. The van der Waals surface area contributed by atoms with Crippen molar-refractivity contribution >= 4 is 12.2 Å². The van der Waals surface area contributed by atoms with Crippen LogP contribution in [0.15, 0.2) is 0 Å². The number of fused-ring (bicyclic) bond motifs is 4. The molecular weight excluding hydrogens is 554 g/mol. The summed E-state index contributed by atoms with van der Waals surface area (Å²) in [5.41, 5.74) is 1.26. The van der Waals surface area contributed by atoms with Crippen LogP contribution in [0.2, 0.25) is 0 Å². The molecule has 8 nitrogen and oxygen atoms in total. The van der Waals surface area contributed by atoms with Gasteiger partial charge in [-0.1, -0.05) is 34.6 Å². The molecule has 8 rings (SSSR count). The summed E-state index contributed by atoms with van der Waals surface area (Å²) in [5.74, 6) is 3.01. The highest BCUT2D eigenvalue weighted by atomic mass is 16.6. The van der Waals surface area contributed by atoms with Crippen LogP contribution >= 0.6 is 0 Å². The Balaban J connectivity index is 0.960. The van der Waals surface area contributed by atoms with Crippen LogP contribution in [0.1, 0.15) is 105 Å².